The quantitative estimate of drug-likeness (QED) is 0.227. The summed E-state index contributed by atoms with van der Waals surface area (Å²) in [6, 6.07) is 15.9. The molecular formula is C26H25ClFN3O5. The molecular weight excluding hydrogens is 489 g/mol. The Morgan fingerprint density at radius 3 is 2.39 bits per heavy atom. The van der Waals surface area contributed by atoms with Gasteiger partial charge in [-0.15, -0.1) is 0 Å². The predicted octanol–water partition coefficient (Wildman–Crippen LogP) is 4.94. The first-order chi connectivity index (χ1) is 17.4. The van der Waals surface area contributed by atoms with E-state index in [0.717, 1.165) is 0 Å². The highest BCUT2D eigenvalue weighted by molar-refractivity contribution is 6.39. The van der Waals surface area contributed by atoms with Crippen molar-refractivity contribution in [2.24, 2.45) is 5.10 Å². The first-order valence-corrected chi connectivity index (χ1v) is 11.5. The summed E-state index contributed by atoms with van der Waals surface area (Å²) >= 11 is 6.05. The van der Waals surface area contributed by atoms with Crippen LogP contribution in [0.2, 0.25) is 5.02 Å². The molecule has 0 aliphatic carbocycles. The second-order valence-electron chi connectivity index (χ2n) is 7.24. The Morgan fingerprint density at radius 2 is 1.69 bits per heavy atom. The molecule has 188 valence electrons. The molecule has 0 aliphatic rings. The van der Waals surface area contributed by atoms with E-state index in [2.05, 4.69) is 15.8 Å². The third-order valence-corrected chi connectivity index (χ3v) is 5.06. The van der Waals surface area contributed by atoms with Crippen molar-refractivity contribution in [2.45, 2.75) is 20.5 Å². The molecule has 3 aromatic rings. The van der Waals surface area contributed by atoms with E-state index in [1.807, 2.05) is 13.8 Å². The van der Waals surface area contributed by atoms with Crippen molar-refractivity contribution in [3.63, 3.8) is 0 Å². The Kier molecular flexibility index (Phi) is 9.64. The second-order valence-corrected chi connectivity index (χ2v) is 7.65. The highest BCUT2D eigenvalue weighted by Crippen LogP contribution is 2.30. The Labute approximate surface area is 213 Å². The van der Waals surface area contributed by atoms with Crippen LogP contribution in [0.1, 0.15) is 25.0 Å². The fourth-order valence-electron chi connectivity index (χ4n) is 3.02. The van der Waals surface area contributed by atoms with Gasteiger partial charge in [-0.2, -0.15) is 5.10 Å². The number of hydrazone groups is 1. The van der Waals surface area contributed by atoms with Crippen LogP contribution in [0.4, 0.5) is 10.1 Å². The lowest BCUT2D eigenvalue weighted by Gasteiger charge is -2.13. The van der Waals surface area contributed by atoms with Crippen LogP contribution in [0, 0.1) is 5.82 Å². The molecule has 0 atom stereocenters. The zero-order chi connectivity index (χ0) is 25.9. The van der Waals surface area contributed by atoms with Crippen LogP contribution in [0.15, 0.2) is 65.8 Å². The monoisotopic (exact) mass is 513 g/mol. The fraction of sp³-hybridized carbons (Fsp3) is 0.192. The molecule has 0 heterocycles. The summed E-state index contributed by atoms with van der Waals surface area (Å²) < 4.78 is 30.7. The number of carbonyl (C=O) groups excluding carboxylic acids is 2. The molecule has 2 N–H and O–H groups in total. The van der Waals surface area contributed by atoms with Crippen LogP contribution >= 0.6 is 11.6 Å². The number of hydrogen-bond acceptors (Lipinski definition) is 6. The van der Waals surface area contributed by atoms with Crippen molar-refractivity contribution < 1.29 is 28.2 Å². The third kappa shape index (κ3) is 7.44. The Morgan fingerprint density at radius 1 is 0.944 bits per heavy atom. The van der Waals surface area contributed by atoms with Gasteiger partial charge in [-0.3, -0.25) is 9.59 Å². The number of nitrogens with zero attached hydrogens (tertiary/aromatic N) is 1. The molecule has 3 rings (SSSR count). The van der Waals surface area contributed by atoms with Crippen LogP contribution in [0.25, 0.3) is 0 Å². The fourth-order valence-corrected chi connectivity index (χ4v) is 3.24. The summed E-state index contributed by atoms with van der Waals surface area (Å²) in [5.74, 6) is -0.843. The Hall–Kier alpha value is -4.11. The zero-order valence-electron chi connectivity index (χ0n) is 19.7. The maximum absolute atomic E-state index is 14.0. The van der Waals surface area contributed by atoms with E-state index in [-0.39, 0.29) is 17.2 Å². The topological polar surface area (TPSA) is 98.2 Å². The number of nitrogens with one attached hydrogen (secondary N) is 2. The van der Waals surface area contributed by atoms with E-state index in [4.69, 9.17) is 25.8 Å². The maximum atomic E-state index is 14.0. The maximum Gasteiger partial charge on any atom is 0.329 e. The van der Waals surface area contributed by atoms with E-state index < -0.39 is 17.6 Å². The summed E-state index contributed by atoms with van der Waals surface area (Å²) in [7, 11) is 0. The van der Waals surface area contributed by atoms with E-state index in [9.17, 15) is 14.0 Å². The molecule has 0 saturated carbocycles. The van der Waals surface area contributed by atoms with E-state index >= 15 is 0 Å². The lowest BCUT2D eigenvalue weighted by molar-refractivity contribution is -0.136. The molecule has 2 amide bonds. The SMILES string of the molecule is CCOc1ccc(NC(=O)C(=O)N/N=C/c2ccc(OCc3c(F)cccc3Cl)c(OCC)c2)cc1. The van der Waals surface area contributed by atoms with Gasteiger partial charge in [0, 0.05) is 11.3 Å². The summed E-state index contributed by atoms with van der Waals surface area (Å²) in [4.78, 5) is 24.1. The smallest absolute Gasteiger partial charge is 0.329 e. The highest BCUT2D eigenvalue weighted by Gasteiger charge is 2.14. The normalized spacial score (nSPS) is 10.7. The molecule has 0 saturated heterocycles. The van der Waals surface area contributed by atoms with E-state index in [1.54, 1.807) is 48.5 Å². The van der Waals surface area contributed by atoms with Gasteiger partial charge in [0.15, 0.2) is 11.5 Å². The second kappa shape index (κ2) is 13.1. The molecule has 0 fully saturated rings. The summed E-state index contributed by atoms with van der Waals surface area (Å²) in [6.45, 7) is 4.47. The van der Waals surface area contributed by atoms with Gasteiger partial charge >= 0.3 is 11.8 Å². The molecule has 3 aromatic carbocycles. The number of anilines is 1. The van der Waals surface area contributed by atoms with Crippen LogP contribution in [-0.4, -0.2) is 31.2 Å². The van der Waals surface area contributed by atoms with Crippen molar-refractivity contribution in [3.05, 3.63) is 82.6 Å². The van der Waals surface area contributed by atoms with Gasteiger partial charge in [0.05, 0.1) is 24.5 Å². The minimum atomic E-state index is -0.938. The number of benzene rings is 3. The molecule has 8 nitrogen and oxygen atoms in total. The molecule has 0 bridgehead atoms. The number of halogens is 2. The van der Waals surface area contributed by atoms with Crippen LogP contribution in [0.5, 0.6) is 17.2 Å². The Bertz CT molecular complexity index is 1210. The van der Waals surface area contributed by atoms with Gasteiger partial charge in [0.25, 0.3) is 0 Å². The first-order valence-electron chi connectivity index (χ1n) is 11.1. The molecule has 0 spiro atoms. The van der Waals surface area contributed by atoms with E-state index in [1.165, 1.54) is 18.3 Å². The third-order valence-electron chi connectivity index (χ3n) is 4.71. The molecule has 10 heteroatoms. The number of ether oxygens (including phenoxy) is 3. The Balaban J connectivity index is 1.59. The van der Waals surface area contributed by atoms with Gasteiger partial charge in [-0.05, 0) is 74.0 Å². The van der Waals surface area contributed by atoms with Crippen LogP contribution < -0.4 is 25.0 Å². The number of rotatable bonds is 10. The van der Waals surface area contributed by atoms with Crippen molar-refractivity contribution in [1.29, 1.82) is 0 Å². The van der Waals surface area contributed by atoms with Crippen molar-refractivity contribution >= 4 is 35.3 Å². The standard InChI is InChI=1S/C26H25ClFN3O5/c1-3-34-19-11-9-18(10-12-19)30-25(32)26(33)31-29-15-17-8-13-23(24(14-17)35-4-2)36-16-20-21(27)6-5-7-22(20)28/h5-15H,3-4,16H2,1-2H3,(H,30,32)(H,31,33)/b29-15+. The predicted molar refractivity (Wildman–Crippen MR) is 135 cm³/mol. The van der Waals surface area contributed by atoms with Crippen molar-refractivity contribution in [3.8, 4) is 17.2 Å². The highest BCUT2D eigenvalue weighted by atomic mass is 35.5. The molecule has 0 unspecified atom stereocenters. The first kappa shape index (κ1) is 26.5. The molecule has 0 radical (unpaired) electrons. The lowest BCUT2D eigenvalue weighted by Crippen LogP contribution is -2.32. The van der Waals surface area contributed by atoms with Crippen LogP contribution in [0.3, 0.4) is 0 Å². The molecule has 0 aliphatic heterocycles. The summed E-state index contributed by atoms with van der Waals surface area (Å²) in [5.41, 5.74) is 3.42. The lowest BCUT2D eigenvalue weighted by atomic mass is 10.2. The molecule has 0 aromatic heterocycles. The summed E-state index contributed by atoms with van der Waals surface area (Å²) in [6.07, 6.45) is 1.35. The van der Waals surface area contributed by atoms with E-state index in [0.29, 0.717) is 41.7 Å². The summed E-state index contributed by atoms with van der Waals surface area (Å²) in [5, 5.41) is 6.56. The number of amides is 2. The van der Waals surface area contributed by atoms with Crippen molar-refractivity contribution in [1.82, 2.24) is 5.43 Å². The van der Waals surface area contributed by atoms with Gasteiger partial charge in [-0.25, -0.2) is 9.82 Å². The minimum absolute atomic E-state index is 0.0848. The zero-order valence-corrected chi connectivity index (χ0v) is 20.5. The molecule has 36 heavy (non-hydrogen) atoms. The van der Waals surface area contributed by atoms with Gasteiger partial charge in [0.1, 0.15) is 18.2 Å². The van der Waals surface area contributed by atoms with Gasteiger partial charge in [0.2, 0.25) is 0 Å². The largest absolute Gasteiger partial charge is 0.494 e. The van der Waals surface area contributed by atoms with Crippen molar-refractivity contribution in [2.75, 3.05) is 18.5 Å². The number of hydrogen-bond donors (Lipinski definition) is 2. The average molecular weight is 514 g/mol. The van der Waals surface area contributed by atoms with Gasteiger partial charge in [-0.1, -0.05) is 17.7 Å². The average Bonchev–Trinajstić information content (AvgIpc) is 2.86. The van der Waals surface area contributed by atoms with Gasteiger partial charge < -0.3 is 19.5 Å². The minimum Gasteiger partial charge on any atom is -0.494 e. The van der Waals surface area contributed by atoms with Crippen LogP contribution in [-0.2, 0) is 16.2 Å². The number of carbonyl (C=O) groups is 2.